The van der Waals surface area contributed by atoms with Gasteiger partial charge in [0.05, 0.1) is 26.4 Å². The zero-order valence-electron chi connectivity index (χ0n) is 26.7. The van der Waals surface area contributed by atoms with E-state index in [1.807, 2.05) is 12.2 Å². The van der Waals surface area contributed by atoms with Gasteiger partial charge in [-0.3, -0.25) is 13.8 Å². The summed E-state index contributed by atoms with van der Waals surface area (Å²) in [6, 6.07) is 0. The minimum absolute atomic E-state index is 0.0198. The van der Waals surface area contributed by atoms with Gasteiger partial charge in [-0.2, -0.15) is 0 Å². The first-order valence-electron chi connectivity index (χ1n) is 16.1. The molecule has 0 bridgehead atoms. The van der Waals surface area contributed by atoms with E-state index in [1.165, 1.54) is 38.5 Å². The number of hydrogen-bond acceptors (Lipinski definition) is 8. The summed E-state index contributed by atoms with van der Waals surface area (Å²) in [6.07, 6.45) is 29.5. The molecule has 0 aromatic rings. The Labute approximate surface area is 260 Å². The Morgan fingerprint density at radius 1 is 0.744 bits per heavy atom. The van der Waals surface area contributed by atoms with Crippen LogP contribution in [-0.4, -0.2) is 66.3 Å². The van der Waals surface area contributed by atoms with E-state index in [1.54, 1.807) is 0 Å². The van der Waals surface area contributed by atoms with E-state index in [0.29, 0.717) is 13.0 Å². The highest BCUT2D eigenvalue weighted by Crippen LogP contribution is 2.43. The monoisotopic (exact) mass is 630 g/mol. The lowest BCUT2D eigenvalue weighted by Crippen LogP contribution is -2.29. The maximum Gasteiger partial charge on any atom is 0.472 e. The molecule has 0 aliphatic rings. The van der Waals surface area contributed by atoms with Crippen LogP contribution in [0.25, 0.3) is 0 Å². The van der Waals surface area contributed by atoms with Gasteiger partial charge in [0.2, 0.25) is 0 Å². The molecule has 10 heteroatoms. The molecule has 3 N–H and O–H groups in total. The second-order valence-electron chi connectivity index (χ2n) is 10.5. The van der Waals surface area contributed by atoms with Crippen LogP contribution in [0.1, 0.15) is 110 Å². The normalized spacial score (nSPS) is 15.2. The highest BCUT2D eigenvalue weighted by Gasteiger charge is 2.26. The molecule has 0 aliphatic carbocycles. The Morgan fingerprint density at radius 2 is 1.28 bits per heavy atom. The van der Waals surface area contributed by atoms with Gasteiger partial charge in [-0.1, -0.05) is 114 Å². The van der Waals surface area contributed by atoms with Crippen LogP contribution < -0.4 is 0 Å². The van der Waals surface area contributed by atoms with E-state index in [-0.39, 0.29) is 13.0 Å². The van der Waals surface area contributed by atoms with Crippen molar-refractivity contribution in [3.05, 3.63) is 48.6 Å². The maximum absolute atomic E-state index is 12.4. The van der Waals surface area contributed by atoms with Crippen molar-refractivity contribution < 1.29 is 43.0 Å². The van der Waals surface area contributed by atoms with Gasteiger partial charge < -0.3 is 24.6 Å². The molecular weight excluding hydrogens is 571 g/mol. The second-order valence-corrected chi connectivity index (χ2v) is 11.9. The van der Waals surface area contributed by atoms with Crippen LogP contribution >= 0.6 is 7.82 Å². The fraction of sp³-hybridized carbons (Fsp3) is 0.727. The topological polar surface area (TPSA) is 132 Å². The molecule has 0 aliphatic heterocycles. The first-order chi connectivity index (χ1) is 20.8. The number of esters is 1. The third kappa shape index (κ3) is 30.2. The highest BCUT2D eigenvalue weighted by molar-refractivity contribution is 7.47. The molecule has 0 spiro atoms. The summed E-state index contributed by atoms with van der Waals surface area (Å²) in [4.78, 5) is 22.3. The van der Waals surface area contributed by atoms with Gasteiger partial charge in [-0.05, 0) is 38.5 Å². The summed E-state index contributed by atoms with van der Waals surface area (Å²) in [5, 5.41) is 18.2. The number of carbonyl (C=O) groups excluding carboxylic acids is 1. The number of aliphatic hydroxyl groups is 2. The van der Waals surface area contributed by atoms with Crippen molar-refractivity contribution in [3.8, 4) is 0 Å². The standard InChI is InChI=1S/C33H59O9P/c1-3-5-7-9-11-13-14-15-16-17-19-21-23-25-33(36)42-32(30-41-43(37,38)40-28-31(35)27-34)29-39-26-24-22-20-18-12-10-8-6-4-2/h5,7,11,13,15-16,19,21,31-32,34-35H,3-4,6,8-10,12,14,17-18,20,22-30H2,1-2H3,(H,37,38)/b7-5-,13-11-,16-15-,21-19-. The molecule has 0 radical (unpaired) electrons. The van der Waals surface area contributed by atoms with Gasteiger partial charge in [0.25, 0.3) is 0 Å². The average molecular weight is 631 g/mol. The summed E-state index contributed by atoms with van der Waals surface area (Å²) < 4.78 is 32.9. The van der Waals surface area contributed by atoms with E-state index in [9.17, 15) is 19.4 Å². The van der Waals surface area contributed by atoms with E-state index < -0.39 is 45.8 Å². The van der Waals surface area contributed by atoms with Crippen molar-refractivity contribution in [2.75, 3.05) is 33.0 Å². The third-order valence-electron chi connectivity index (χ3n) is 6.29. The predicted octanol–water partition coefficient (Wildman–Crippen LogP) is 7.52. The number of unbranched alkanes of at least 4 members (excludes halogenated alkanes) is 8. The number of aliphatic hydroxyl groups excluding tert-OH is 2. The number of hydrogen-bond donors (Lipinski definition) is 3. The number of carbonyl (C=O) groups is 1. The van der Waals surface area contributed by atoms with E-state index in [2.05, 4.69) is 54.8 Å². The third-order valence-corrected chi connectivity index (χ3v) is 7.24. The van der Waals surface area contributed by atoms with Crippen LogP contribution in [0.4, 0.5) is 0 Å². The second kappa shape index (κ2) is 30.4. The average Bonchev–Trinajstić information content (AvgIpc) is 2.99. The number of rotatable bonds is 30. The molecule has 43 heavy (non-hydrogen) atoms. The molecular formula is C33H59O9P. The molecule has 0 saturated carbocycles. The van der Waals surface area contributed by atoms with Crippen LogP contribution in [0.15, 0.2) is 48.6 Å². The number of phosphoric ester groups is 1. The van der Waals surface area contributed by atoms with Crippen molar-refractivity contribution >= 4 is 13.8 Å². The number of ether oxygens (including phenoxy) is 2. The molecule has 0 saturated heterocycles. The minimum Gasteiger partial charge on any atom is -0.457 e. The van der Waals surface area contributed by atoms with Crippen molar-refractivity contribution in [2.45, 2.75) is 122 Å². The molecule has 0 heterocycles. The van der Waals surface area contributed by atoms with Crippen LogP contribution in [0.3, 0.4) is 0 Å². The number of allylic oxidation sites excluding steroid dienone is 8. The molecule has 3 atom stereocenters. The lowest BCUT2D eigenvalue weighted by Gasteiger charge is -2.20. The van der Waals surface area contributed by atoms with E-state index in [4.69, 9.17) is 19.1 Å². The van der Waals surface area contributed by atoms with Gasteiger partial charge in [0, 0.05) is 13.0 Å². The lowest BCUT2D eigenvalue weighted by molar-refractivity contribution is -0.154. The molecule has 0 rings (SSSR count). The maximum atomic E-state index is 12.4. The van der Waals surface area contributed by atoms with Crippen LogP contribution in [0, 0.1) is 0 Å². The van der Waals surface area contributed by atoms with Gasteiger partial charge in [-0.25, -0.2) is 4.57 Å². The van der Waals surface area contributed by atoms with Gasteiger partial charge in [-0.15, -0.1) is 0 Å². The largest absolute Gasteiger partial charge is 0.472 e. The van der Waals surface area contributed by atoms with Gasteiger partial charge in [0.1, 0.15) is 12.2 Å². The van der Waals surface area contributed by atoms with E-state index in [0.717, 1.165) is 44.9 Å². The summed E-state index contributed by atoms with van der Waals surface area (Å²) in [6.45, 7) is 3.24. The van der Waals surface area contributed by atoms with Crippen LogP contribution in [-0.2, 0) is 27.9 Å². The van der Waals surface area contributed by atoms with Crippen LogP contribution in [0.5, 0.6) is 0 Å². The molecule has 3 unspecified atom stereocenters. The molecule has 0 fully saturated rings. The first-order valence-corrected chi connectivity index (χ1v) is 17.6. The fourth-order valence-corrected chi connectivity index (χ4v) is 4.63. The summed E-state index contributed by atoms with van der Waals surface area (Å²) >= 11 is 0. The zero-order valence-corrected chi connectivity index (χ0v) is 27.5. The highest BCUT2D eigenvalue weighted by atomic mass is 31.2. The number of phosphoric acid groups is 1. The molecule has 0 aromatic heterocycles. The quantitative estimate of drug-likeness (QED) is 0.0319. The first kappa shape index (κ1) is 41.4. The molecule has 250 valence electrons. The minimum atomic E-state index is -4.52. The van der Waals surface area contributed by atoms with Gasteiger partial charge >= 0.3 is 13.8 Å². The Bertz CT molecular complexity index is 810. The van der Waals surface area contributed by atoms with Crippen molar-refractivity contribution in [1.82, 2.24) is 0 Å². The smallest absolute Gasteiger partial charge is 0.457 e. The Hall–Kier alpha value is -1.58. The predicted molar refractivity (Wildman–Crippen MR) is 173 cm³/mol. The molecule has 9 nitrogen and oxygen atoms in total. The summed E-state index contributed by atoms with van der Waals surface area (Å²) in [7, 11) is -4.52. The summed E-state index contributed by atoms with van der Waals surface area (Å²) in [5.41, 5.74) is 0. The van der Waals surface area contributed by atoms with Crippen LogP contribution in [0.2, 0.25) is 0 Å². The molecule has 0 amide bonds. The van der Waals surface area contributed by atoms with Crippen molar-refractivity contribution in [3.63, 3.8) is 0 Å². The lowest BCUT2D eigenvalue weighted by atomic mass is 10.1. The zero-order chi connectivity index (χ0) is 31.9. The fourth-order valence-electron chi connectivity index (χ4n) is 3.84. The Kier molecular flexibility index (Phi) is 29.3. The summed E-state index contributed by atoms with van der Waals surface area (Å²) in [5.74, 6) is -0.466. The van der Waals surface area contributed by atoms with Crippen molar-refractivity contribution in [2.24, 2.45) is 0 Å². The molecule has 0 aromatic carbocycles. The van der Waals surface area contributed by atoms with E-state index >= 15 is 0 Å². The Balaban J connectivity index is 4.45. The van der Waals surface area contributed by atoms with Crippen molar-refractivity contribution in [1.29, 1.82) is 0 Å². The van der Waals surface area contributed by atoms with Gasteiger partial charge in [0.15, 0.2) is 0 Å². The SMILES string of the molecule is CC/C=C\C/C=C\C/C=C\C/C=C\CCC(=O)OC(COCCCCCCCCCCC)COP(=O)(O)OCC(O)CO. The Morgan fingerprint density at radius 3 is 1.86 bits per heavy atom.